The van der Waals surface area contributed by atoms with Crippen LogP contribution in [0.5, 0.6) is 0 Å². The minimum Gasteiger partial charge on any atom is -0.383 e. The molecule has 11 nitrogen and oxygen atoms in total. The number of ether oxygens (including phenoxy) is 4. The molecule has 0 amide bonds. The molecule has 3 atom stereocenters. The molecule has 0 aliphatic carbocycles. The van der Waals surface area contributed by atoms with Gasteiger partial charge in [-0.25, -0.2) is 18.4 Å². The van der Waals surface area contributed by atoms with Crippen LogP contribution in [-0.4, -0.2) is 79.0 Å². The Kier molecular flexibility index (Phi) is 8.30. The molecule has 1 saturated heterocycles. The Morgan fingerprint density at radius 1 is 1.26 bits per heavy atom. The maximum Gasteiger partial charge on any atom is 0.164 e. The molecule has 0 unspecified atom stereocenters. The lowest BCUT2D eigenvalue weighted by atomic mass is 10.2. The van der Waals surface area contributed by atoms with Gasteiger partial charge in [-0.2, -0.15) is 0 Å². The number of aromatic nitrogens is 5. The van der Waals surface area contributed by atoms with Crippen molar-refractivity contribution in [1.29, 1.82) is 0 Å². The van der Waals surface area contributed by atoms with Crippen molar-refractivity contribution in [2.24, 2.45) is 0 Å². The van der Waals surface area contributed by atoms with Crippen molar-refractivity contribution in [3.05, 3.63) is 34.9 Å². The third kappa shape index (κ3) is 5.76. The van der Waals surface area contributed by atoms with E-state index >= 15 is 0 Å². The molecule has 2 aromatic heterocycles. The van der Waals surface area contributed by atoms with Crippen LogP contribution in [0, 0.1) is 0 Å². The van der Waals surface area contributed by atoms with Gasteiger partial charge in [0.25, 0.3) is 0 Å². The summed E-state index contributed by atoms with van der Waals surface area (Å²) in [6, 6.07) is 0. The summed E-state index contributed by atoms with van der Waals surface area (Å²) in [5.41, 5.74) is 0. The molecule has 0 spiro atoms. The number of rotatable bonds is 10. The van der Waals surface area contributed by atoms with E-state index in [1.165, 1.54) is 19.5 Å². The molecular formula is C18H26ClN5O6S. The third-order valence-corrected chi connectivity index (χ3v) is 7.19. The van der Waals surface area contributed by atoms with Crippen molar-refractivity contribution in [1.82, 2.24) is 24.7 Å². The number of hydrogen-bond donors (Lipinski definition) is 0. The van der Waals surface area contributed by atoms with Crippen molar-refractivity contribution in [2.45, 2.75) is 36.7 Å². The van der Waals surface area contributed by atoms with E-state index in [0.29, 0.717) is 49.6 Å². The quantitative estimate of drug-likeness (QED) is 0.493. The van der Waals surface area contributed by atoms with E-state index in [0.717, 1.165) is 0 Å². The summed E-state index contributed by atoms with van der Waals surface area (Å²) in [6.45, 7) is 3.56. The second kappa shape index (κ2) is 10.7. The number of hydrogen-bond acceptors (Lipinski definition) is 10. The van der Waals surface area contributed by atoms with Crippen LogP contribution < -0.4 is 0 Å². The van der Waals surface area contributed by atoms with Crippen LogP contribution >= 0.6 is 11.6 Å². The average molecular weight is 476 g/mol. The highest BCUT2D eigenvalue weighted by atomic mass is 35.5. The van der Waals surface area contributed by atoms with E-state index in [-0.39, 0.29) is 11.6 Å². The van der Waals surface area contributed by atoms with Crippen LogP contribution in [0.4, 0.5) is 0 Å². The topological polar surface area (TPSA) is 128 Å². The number of methoxy groups -OCH3 is 2. The monoisotopic (exact) mass is 475 g/mol. The highest BCUT2D eigenvalue weighted by Crippen LogP contribution is 2.27. The fourth-order valence-electron chi connectivity index (χ4n) is 3.23. The maximum atomic E-state index is 13.2. The molecule has 172 valence electrons. The summed E-state index contributed by atoms with van der Waals surface area (Å²) < 4.78 is 49.9. The van der Waals surface area contributed by atoms with Gasteiger partial charge in [0.15, 0.2) is 21.5 Å². The van der Waals surface area contributed by atoms with E-state index in [9.17, 15) is 8.42 Å². The summed E-state index contributed by atoms with van der Waals surface area (Å²) >= 11 is 5.83. The third-order valence-electron chi connectivity index (χ3n) is 4.95. The van der Waals surface area contributed by atoms with Gasteiger partial charge in [0.1, 0.15) is 23.8 Å². The SMILES string of the molecule is COCCn1c(CS(=O)(=O)[C@@H](C)[C@H](OC)c2ncc(Cl)cn2)nnc1[C@@H]1COCCO1. The molecule has 1 fully saturated rings. The fraction of sp³-hybridized carbons (Fsp3) is 0.667. The summed E-state index contributed by atoms with van der Waals surface area (Å²) in [5, 5.41) is 7.73. The number of sulfone groups is 1. The minimum absolute atomic E-state index is 0.234. The zero-order valence-electron chi connectivity index (χ0n) is 17.6. The lowest BCUT2D eigenvalue weighted by molar-refractivity contribution is -0.0950. The van der Waals surface area contributed by atoms with Crippen LogP contribution in [0.15, 0.2) is 12.4 Å². The molecule has 1 aliphatic heterocycles. The average Bonchev–Trinajstić information content (AvgIpc) is 3.16. The van der Waals surface area contributed by atoms with Crippen LogP contribution in [0.1, 0.15) is 36.6 Å². The lowest BCUT2D eigenvalue weighted by Crippen LogP contribution is -2.30. The van der Waals surface area contributed by atoms with E-state index in [4.69, 9.17) is 30.5 Å². The van der Waals surface area contributed by atoms with Gasteiger partial charge in [-0.3, -0.25) is 0 Å². The first-order valence-electron chi connectivity index (χ1n) is 9.69. The van der Waals surface area contributed by atoms with Crippen LogP contribution in [0.25, 0.3) is 0 Å². The Hall–Kier alpha value is -1.70. The molecule has 0 bridgehead atoms. The Labute approximate surface area is 186 Å². The van der Waals surface area contributed by atoms with Crippen LogP contribution in [-0.2, 0) is 41.1 Å². The van der Waals surface area contributed by atoms with E-state index in [1.807, 2.05) is 0 Å². The predicted molar refractivity (Wildman–Crippen MR) is 110 cm³/mol. The standard InChI is InChI=1S/C18H26ClN5O6S/c1-12(16(28-3)17-20-8-13(19)9-21-17)31(25,26)11-15-22-23-18(24(15)4-5-27-2)14-10-29-6-7-30-14/h8-9,12,14,16H,4-7,10-11H2,1-3H3/t12-,14-,16-/m0/s1. The van der Waals surface area contributed by atoms with Gasteiger partial charge in [0, 0.05) is 33.2 Å². The fourth-order valence-corrected chi connectivity index (χ4v) is 4.78. The first kappa shape index (κ1) is 24.0. The number of nitrogens with zero attached hydrogens (tertiary/aromatic N) is 5. The Bertz CT molecular complexity index is 949. The van der Waals surface area contributed by atoms with E-state index < -0.39 is 27.3 Å². The van der Waals surface area contributed by atoms with Crippen molar-refractivity contribution < 1.29 is 27.4 Å². The second-order valence-corrected chi connectivity index (χ2v) is 9.78. The molecule has 2 aromatic rings. The molecule has 0 aromatic carbocycles. The molecule has 0 N–H and O–H groups in total. The molecule has 3 rings (SSSR count). The Morgan fingerprint density at radius 2 is 2.00 bits per heavy atom. The molecule has 1 aliphatic rings. The largest absolute Gasteiger partial charge is 0.383 e. The van der Waals surface area contributed by atoms with Crippen molar-refractivity contribution >= 4 is 21.4 Å². The molecule has 3 heterocycles. The lowest BCUT2D eigenvalue weighted by Gasteiger charge is -2.24. The van der Waals surface area contributed by atoms with Crippen molar-refractivity contribution in [3.63, 3.8) is 0 Å². The van der Waals surface area contributed by atoms with Crippen molar-refractivity contribution in [2.75, 3.05) is 40.6 Å². The normalized spacial score (nSPS) is 19.3. The van der Waals surface area contributed by atoms with E-state index in [1.54, 1.807) is 18.6 Å². The minimum atomic E-state index is -3.72. The van der Waals surface area contributed by atoms with E-state index in [2.05, 4.69) is 20.2 Å². The highest BCUT2D eigenvalue weighted by molar-refractivity contribution is 7.91. The van der Waals surface area contributed by atoms with Gasteiger partial charge in [-0.1, -0.05) is 11.6 Å². The molecular weight excluding hydrogens is 450 g/mol. The Morgan fingerprint density at radius 3 is 2.61 bits per heavy atom. The second-order valence-electron chi connectivity index (χ2n) is 6.98. The van der Waals surface area contributed by atoms with Gasteiger partial charge in [0.2, 0.25) is 0 Å². The smallest absolute Gasteiger partial charge is 0.164 e. The molecule has 0 saturated carbocycles. The van der Waals surface area contributed by atoms with Gasteiger partial charge in [0.05, 0.1) is 36.7 Å². The zero-order chi connectivity index (χ0) is 22.4. The molecule has 0 radical (unpaired) electrons. The predicted octanol–water partition coefficient (Wildman–Crippen LogP) is 1.15. The summed E-state index contributed by atoms with van der Waals surface area (Å²) in [7, 11) is -0.744. The van der Waals surface area contributed by atoms with Crippen LogP contribution in [0.3, 0.4) is 0 Å². The maximum absolute atomic E-state index is 13.2. The van der Waals surface area contributed by atoms with Crippen molar-refractivity contribution in [3.8, 4) is 0 Å². The summed E-state index contributed by atoms with van der Waals surface area (Å²) in [5.74, 6) is 0.697. The first-order chi connectivity index (χ1) is 14.9. The summed E-state index contributed by atoms with van der Waals surface area (Å²) in [6.07, 6.45) is 1.51. The Balaban J connectivity index is 1.85. The van der Waals surface area contributed by atoms with Crippen LogP contribution in [0.2, 0.25) is 5.02 Å². The first-order valence-corrected chi connectivity index (χ1v) is 11.8. The highest BCUT2D eigenvalue weighted by Gasteiger charge is 2.35. The van der Waals surface area contributed by atoms with Gasteiger partial charge >= 0.3 is 0 Å². The van der Waals surface area contributed by atoms with Gasteiger partial charge in [-0.05, 0) is 6.92 Å². The van der Waals surface area contributed by atoms with Gasteiger partial charge < -0.3 is 23.5 Å². The molecule has 31 heavy (non-hydrogen) atoms. The molecule has 13 heteroatoms. The number of halogens is 1. The van der Waals surface area contributed by atoms with Gasteiger partial charge in [-0.15, -0.1) is 10.2 Å². The summed E-state index contributed by atoms with van der Waals surface area (Å²) in [4.78, 5) is 8.20. The zero-order valence-corrected chi connectivity index (χ0v) is 19.2.